The number of nitrogens with zero attached hydrogens (tertiary/aromatic N) is 1. The van der Waals surface area contributed by atoms with Crippen molar-refractivity contribution in [2.45, 2.75) is 19.3 Å². The van der Waals surface area contributed by atoms with Crippen molar-refractivity contribution in [2.24, 2.45) is 0 Å². The van der Waals surface area contributed by atoms with E-state index in [1.807, 2.05) is 6.07 Å². The minimum atomic E-state index is 0.109. The van der Waals surface area contributed by atoms with Crippen molar-refractivity contribution in [3.8, 4) is 11.8 Å². The van der Waals surface area contributed by atoms with E-state index in [0.717, 1.165) is 23.9 Å². The molecule has 1 aliphatic rings. The Hall–Kier alpha value is -1.59. The summed E-state index contributed by atoms with van der Waals surface area (Å²) >= 11 is 0. The summed E-state index contributed by atoms with van der Waals surface area (Å²) in [6.07, 6.45) is 7.02. The molecular weight excluding hydrogens is 186 g/mol. The Morgan fingerprint density at radius 2 is 2.13 bits per heavy atom. The molecule has 1 aliphatic carbocycles. The van der Waals surface area contributed by atoms with Crippen molar-refractivity contribution in [3.63, 3.8) is 0 Å². The molecule has 1 aromatic heterocycles. The van der Waals surface area contributed by atoms with Crippen LogP contribution in [0, 0.1) is 11.8 Å². The number of hydrogen-bond donors (Lipinski definition) is 1. The first-order chi connectivity index (χ1) is 7.40. The minimum absolute atomic E-state index is 0.109. The highest BCUT2D eigenvalue weighted by Gasteiger charge is 1.95. The zero-order chi connectivity index (χ0) is 10.5. The van der Waals surface area contributed by atoms with Crippen molar-refractivity contribution in [1.82, 2.24) is 4.98 Å². The molecule has 0 aliphatic heterocycles. The van der Waals surface area contributed by atoms with E-state index in [-0.39, 0.29) is 6.61 Å². The molecule has 0 aromatic carbocycles. The van der Waals surface area contributed by atoms with Gasteiger partial charge in [-0.3, -0.25) is 0 Å². The van der Waals surface area contributed by atoms with Crippen LogP contribution in [0.4, 0.5) is 0 Å². The molecule has 0 saturated heterocycles. The first-order valence-corrected chi connectivity index (χ1v) is 5.17. The fourth-order valence-corrected chi connectivity index (χ4v) is 1.56. The number of pyridine rings is 1. The van der Waals surface area contributed by atoms with Gasteiger partial charge in [-0.1, -0.05) is 24.1 Å². The number of aliphatic hydroxyl groups is 1. The minimum Gasteiger partial charge on any atom is -0.395 e. The Morgan fingerprint density at radius 1 is 1.27 bits per heavy atom. The number of aromatic nitrogens is 1. The highest BCUT2D eigenvalue weighted by molar-refractivity contribution is 5.38. The first-order valence-electron chi connectivity index (χ1n) is 5.17. The van der Waals surface area contributed by atoms with Gasteiger partial charge in [0.05, 0.1) is 12.0 Å². The smallest absolute Gasteiger partial charge is 0.113 e. The number of rotatable bonds is 1. The molecule has 2 heteroatoms. The normalized spacial score (nSPS) is 12.9. The molecule has 76 valence electrons. The van der Waals surface area contributed by atoms with Crippen LogP contribution in [0.5, 0.6) is 0 Å². The van der Waals surface area contributed by atoms with E-state index in [0.29, 0.717) is 6.42 Å². The molecule has 0 bridgehead atoms. The van der Waals surface area contributed by atoms with E-state index in [9.17, 15) is 0 Å². The van der Waals surface area contributed by atoms with Crippen molar-refractivity contribution in [3.05, 3.63) is 28.4 Å². The Kier molecular flexibility index (Phi) is 3.16. The van der Waals surface area contributed by atoms with Crippen LogP contribution in [0.2, 0.25) is 0 Å². The van der Waals surface area contributed by atoms with Crippen LogP contribution in [0.15, 0.2) is 12.1 Å². The predicted octanol–water partition coefficient (Wildman–Crippen LogP) is 0.170. The maximum absolute atomic E-state index is 8.60. The SMILES string of the molecule is OCCC#Cc1ccc2c(n1)=CCCC=2. The zero-order valence-electron chi connectivity index (χ0n) is 8.53. The zero-order valence-corrected chi connectivity index (χ0v) is 8.53. The highest BCUT2D eigenvalue weighted by atomic mass is 16.2. The molecule has 0 unspecified atom stereocenters. The van der Waals surface area contributed by atoms with Crippen molar-refractivity contribution < 1.29 is 5.11 Å². The van der Waals surface area contributed by atoms with Gasteiger partial charge in [0.1, 0.15) is 5.69 Å². The van der Waals surface area contributed by atoms with Crippen molar-refractivity contribution in [2.75, 3.05) is 6.61 Å². The van der Waals surface area contributed by atoms with Crippen LogP contribution in [0.3, 0.4) is 0 Å². The summed E-state index contributed by atoms with van der Waals surface area (Å²) in [4.78, 5) is 4.44. The van der Waals surface area contributed by atoms with Gasteiger partial charge in [-0.2, -0.15) is 0 Å². The van der Waals surface area contributed by atoms with Crippen LogP contribution in [0.1, 0.15) is 25.0 Å². The lowest BCUT2D eigenvalue weighted by Crippen LogP contribution is -2.30. The Morgan fingerprint density at radius 3 is 3.00 bits per heavy atom. The fourth-order valence-electron chi connectivity index (χ4n) is 1.56. The number of hydrogen-bond acceptors (Lipinski definition) is 2. The third-order valence-corrected chi connectivity index (χ3v) is 2.28. The quantitative estimate of drug-likeness (QED) is 0.654. The van der Waals surface area contributed by atoms with Crippen molar-refractivity contribution in [1.29, 1.82) is 0 Å². The van der Waals surface area contributed by atoms with E-state index in [4.69, 9.17) is 5.11 Å². The van der Waals surface area contributed by atoms with Gasteiger partial charge in [-0.05, 0) is 30.0 Å². The maximum Gasteiger partial charge on any atom is 0.113 e. The average molecular weight is 199 g/mol. The van der Waals surface area contributed by atoms with E-state index >= 15 is 0 Å². The molecule has 0 atom stereocenters. The molecule has 2 rings (SSSR count). The summed E-state index contributed by atoms with van der Waals surface area (Å²) in [5, 5.41) is 10.8. The molecule has 0 saturated carbocycles. The van der Waals surface area contributed by atoms with E-state index in [2.05, 4.69) is 35.0 Å². The predicted molar refractivity (Wildman–Crippen MR) is 60.2 cm³/mol. The monoisotopic (exact) mass is 199 g/mol. The van der Waals surface area contributed by atoms with Gasteiger partial charge in [0.15, 0.2) is 0 Å². The maximum atomic E-state index is 8.60. The van der Waals surface area contributed by atoms with Gasteiger partial charge in [0, 0.05) is 6.42 Å². The van der Waals surface area contributed by atoms with Gasteiger partial charge in [-0.15, -0.1) is 0 Å². The second kappa shape index (κ2) is 4.77. The molecular formula is C13H13NO. The summed E-state index contributed by atoms with van der Waals surface area (Å²) in [6, 6.07) is 3.99. The van der Waals surface area contributed by atoms with Gasteiger partial charge in [0.2, 0.25) is 0 Å². The summed E-state index contributed by atoms with van der Waals surface area (Å²) < 4.78 is 0. The topological polar surface area (TPSA) is 33.1 Å². The molecule has 0 spiro atoms. The largest absolute Gasteiger partial charge is 0.395 e. The third kappa shape index (κ3) is 2.45. The molecule has 0 fully saturated rings. The standard InChI is InChI=1S/C13H13NO/c15-10-4-3-6-12-9-8-11-5-1-2-7-13(11)14-12/h5,7-9,15H,1-2,4,10H2. The van der Waals surface area contributed by atoms with Crippen molar-refractivity contribution >= 4 is 12.2 Å². The Labute approximate surface area is 89.0 Å². The second-order valence-corrected chi connectivity index (χ2v) is 3.43. The molecule has 1 heterocycles. The average Bonchev–Trinajstić information content (AvgIpc) is 2.29. The second-order valence-electron chi connectivity index (χ2n) is 3.43. The van der Waals surface area contributed by atoms with E-state index in [1.54, 1.807) is 0 Å². The molecule has 0 radical (unpaired) electrons. The number of aliphatic hydroxyl groups excluding tert-OH is 1. The lowest BCUT2D eigenvalue weighted by atomic mass is 10.1. The van der Waals surface area contributed by atoms with Gasteiger partial charge in [0.25, 0.3) is 0 Å². The fraction of sp³-hybridized carbons (Fsp3) is 0.308. The van der Waals surface area contributed by atoms with E-state index < -0.39 is 0 Å². The Balaban J connectivity index is 2.35. The van der Waals surface area contributed by atoms with E-state index in [1.165, 1.54) is 5.22 Å². The summed E-state index contributed by atoms with van der Waals surface area (Å²) in [7, 11) is 0. The van der Waals surface area contributed by atoms with Gasteiger partial charge >= 0.3 is 0 Å². The number of fused-ring (bicyclic) bond motifs is 1. The summed E-state index contributed by atoms with van der Waals surface area (Å²) in [6.45, 7) is 0.109. The summed E-state index contributed by atoms with van der Waals surface area (Å²) in [5.74, 6) is 5.81. The highest BCUT2D eigenvalue weighted by Crippen LogP contribution is 1.94. The van der Waals surface area contributed by atoms with Gasteiger partial charge < -0.3 is 5.11 Å². The van der Waals surface area contributed by atoms with Crippen LogP contribution < -0.4 is 10.6 Å². The lowest BCUT2D eigenvalue weighted by Gasteiger charge is -1.98. The van der Waals surface area contributed by atoms with Gasteiger partial charge in [-0.25, -0.2) is 4.98 Å². The molecule has 1 aromatic rings. The Bertz CT molecular complexity index is 520. The van der Waals surface area contributed by atoms with Crippen LogP contribution >= 0.6 is 0 Å². The summed E-state index contributed by atoms with van der Waals surface area (Å²) in [5.41, 5.74) is 0.786. The first kappa shape index (κ1) is 9.95. The molecule has 1 N–H and O–H groups in total. The lowest BCUT2D eigenvalue weighted by molar-refractivity contribution is 0.305. The molecule has 2 nitrogen and oxygen atoms in total. The van der Waals surface area contributed by atoms with Crippen LogP contribution in [-0.4, -0.2) is 16.7 Å². The van der Waals surface area contributed by atoms with Crippen LogP contribution in [-0.2, 0) is 0 Å². The molecule has 0 amide bonds. The van der Waals surface area contributed by atoms with Crippen LogP contribution in [0.25, 0.3) is 12.2 Å². The molecule has 15 heavy (non-hydrogen) atoms. The third-order valence-electron chi connectivity index (χ3n) is 2.28.